The second-order valence-corrected chi connectivity index (χ2v) is 6.03. The van der Waals surface area contributed by atoms with Gasteiger partial charge in [0, 0.05) is 17.5 Å². The minimum absolute atomic E-state index is 0.239. The summed E-state index contributed by atoms with van der Waals surface area (Å²) in [4.78, 5) is 16.7. The highest BCUT2D eigenvalue weighted by molar-refractivity contribution is 7.15. The summed E-state index contributed by atoms with van der Waals surface area (Å²) in [5.74, 6) is 0.596. The van der Waals surface area contributed by atoms with Gasteiger partial charge in [0.2, 0.25) is 5.91 Å². The predicted octanol–water partition coefficient (Wildman–Crippen LogP) is 3.31. The van der Waals surface area contributed by atoms with E-state index in [1.165, 1.54) is 11.3 Å². The van der Waals surface area contributed by atoms with Crippen molar-refractivity contribution in [2.24, 2.45) is 0 Å². The van der Waals surface area contributed by atoms with E-state index in [1.807, 2.05) is 24.3 Å². The van der Waals surface area contributed by atoms with Crippen LogP contribution in [-0.2, 0) is 11.2 Å². The number of halogens is 1. The van der Waals surface area contributed by atoms with Gasteiger partial charge in [0.1, 0.15) is 11.1 Å². The minimum atomic E-state index is -0.566. The Morgan fingerprint density at radius 2 is 2.15 bits per heavy atom. The predicted molar refractivity (Wildman–Crippen MR) is 81.9 cm³/mol. The Kier molecular flexibility index (Phi) is 4.98. The van der Waals surface area contributed by atoms with Crippen molar-refractivity contribution in [2.45, 2.75) is 18.7 Å². The van der Waals surface area contributed by atoms with E-state index in [0.717, 1.165) is 22.6 Å². The highest BCUT2D eigenvalue weighted by atomic mass is 35.5. The Bertz CT molecular complexity index is 581. The molecule has 1 aromatic heterocycles. The number of carbonyl (C=O) groups excluding carboxylic acids is 1. The molecule has 0 aliphatic heterocycles. The Balaban J connectivity index is 1.99. The molecule has 1 heterocycles. The SMILES string of the molecule is COc1ccc(Cc2cnc(NC(=O)C(C)Cl)s2)cc1. The van der Waals surface area contributed by atoms with Crippen LogP contribution >= 0.6 is 22.9 Å². The van der Waals surface area contributed by atoms with Gasteiger partial charge in [-0.3, -0.25) is 4.79 Å². The molecule has 0 fully saturated rings. The van der Waals surface area contributed by atoms with Crippen LogP contribution in [0.15, 0.2) is 30.5 Å². The Morgan fingerprint density at radius 1 is 1.45 bits per heavy atom. The van der Waals surface area contributed by atoms with E-state index in [1.54, 1.807) is 20.2 Å². The topological polar surface area (TPSA) is 51.2 Å². The summed E-state index contributed by atoms with van der Waals surface area (Å²) >= 11 is 7.15. The van der Waals surface area contributed by atoms with Crippen molar-refractivity contribution in [1.29, 1.82) is 0 Å². The molecule has 20 heavy (non-hydrogen) atoms. The molecule has 0 spiro atoms. The smallest absolute Gasteiger partial charge is 0.243 e. The third-order valence-corrected chi connectivity index (χ3v) is 3.79. The number of methoxy groups -OCH3 is 1. The van der Waals surface area contributed by atoms with Gasteiger partial charge in [0.25, 0.3) is 0 Å². The standard InChI is InChI=1S/C14H15ClN2O2S/c1-9(15)13(18)17-14-16-8-12(20-14)7-10-3-5-11(19-2)6-4-10/h3-6,8-9H,7H2,1-2H3,(H,16,17,18). The first-order chi connectivity index (χ1) is 9.58. The van der Waals surface area contributed by atoms with Gasteiger partial charge in [0.15, 0.2) is 5.13 Å². The van der Waals surface area contributed by atoms with Crippen LogP contribution in [0.3, 0.4) is 0 Å². The zero-order chi connectivity index (χ0) is 14.5. The Labute approximate surface area is 126 Å². The molecule has 1 amide bonds. The summed E-state index contributed by atoms with van der Waals surface area (Å²) < 4.78 is 5.12. The zero-order valence-electron chi connectivity index (χ0n) is 11.2. The summed E-state index contributed by atoms with van der Waals surface area (Å²) in [6.07, 6.45) is 2.54. The number of hydrogen-bond donors (Lipinski definition) is 1. The lowest BCUT2D eigenvalue weighted by atomic mass is 10.1. The summed E-state index contributed by atoms with van der Waals surface area (Å²) in [5, 5.41) is 2.69. The third kappa shape index (κ3) is 3.95. The molecule has 2 aromatic rings. The van der Waals surface area contributed by atoms with Gasteiger partial charge in [0.05, 0.1) is 7.11 Å². The molecule has 1 N–H and O–H groups in total. The van der Waals surface area contributed by atoms with Gasteiger partial charge >= 0.3 is 0 Å². The number of aromatic nitrogens is 1. The molecule has 4 nitrogen and oxygen atoms in total. The second-order valence-electron chi connectivity index (χ2n) is 4.26. The molecule has 0 bridgehead atoms. The first-order valence-corrected chi connectivity index (χ1v) is 7.36. The van der Waals surface area contributed by atoms with Gasteiger partial charge in [-0.15, -0.1) is 22.9 Å². The molecule has 0 radical (unpaired) electrons. The van der Waals surface area contributed by atoms with Crippen molar-refractivity contribution in [3.05, 3.63) is 40.9 Å². The molecule has 0 aliphatic carbocycles. The van der Waals surface area contributed by atoms with E-state index in [2.05, 4.69) is 10.3 Å². The molecule has 1 aromatic carbocycles. The minimum Gasteiger partial charge on any atom is -0.497 e. The highest BCUT2D eigenvalue weighted by Gasteiger charge is 2.11. The van der Waals surface area contributed by atoms with E-state index in [-0.39, 0.29) is 5.91 Å². The maximum Gasteiger partial charge on any atom is 0.243 e. The highest BCUT2D eigenvalue weighted by Crippen LogP contribution is 2.22. The van der Waals surface area contributed by atoms with Crippen LogP contribution in [0.4, 0.5) is 5.13 Å². The van der Waals surface area contributed by atoms with Crippen molar-refractivity contribution in [3.63, 3.8) is 0 Å². The Hall–Kier alpha value is -1.59. The number of rotatable bonds is 5. The van der Waals surface area contributed by atoms with Crippen molar-refractivity contribution in [1.82, 2.24) is 4.98 Å². The fraction of sp³-hybridized carbons (Fsp3) is 0.286. The van der Waals surface area contributed by atoms with Crippen LogP contribution in [0.25, 0.3) is 0 Å². The molecular weight excluding hydrogens is 296 g/mol. The van der Waals surface area contributed by atoms with Gasteiger partial charge in [-0.1, -0.05) is 12.1 Å². The lowest BCUT2D eigenvalue weighted by molar-refractivity contribution is -0.115. The fourth-order valence-corrected chi connectivity index (χ4v) is 2.50. The summed E-state index contributed by atoms with van der Waals surface area (Å²) in [5.41, 5.74) is 1.16. The first kappa shape index (κ1) is 14.8. The second kappa shape index (κ2) is 6.72. The molecule has 0 aliphatic rings. The lowest BCUT2D eigenvalue weighted by Gasteiger charge is -2.02. The van der Waals surface area contributed by atoms with Crippen LogP contribution in [0.1, 0.15) is 17.4 Å². The van der Waals surface area contributed by atoms with E-state index < -0.39 is 5.38 Å². The van der Waals surface area contributed by atoms with Gasteiger partial charge in [-0.05, 0) is 24.6 Å². The lowest BCUT2D eigenvalue weighted by Crippen LogP contribution is -2.19. The van der Waals surface area contributed by atoms with E-state index in [9.17, 15) is 4.79 Å². The average Bonchev–Trinajstić information content (AvgIpc) is 2.86. The number of amides is 1. The van der Waals surface area contributed by atoms with E-state index in [4.69, 9.17) is 16.3 Å². The largest absolute Gasteiger partial charge is 0.497 e. The molecule has 1 atom stereocenters. The van der Waals surface area contributed by atoms with E-state index in [0.29, 0.717) is 5.13 Å². The van der Waals surface area contributed by atoms with Crippen LogP contribution in [0, 0.1) is 0 Å². The van der Waals surface area contributed by atoms with Gasteiger partial charge in [-0.25, -0.2) is 4.98 Å². The Morgan fingerprint density at radius 3 is 2.75 bits per heavy atom. The number of thiazole rings is 1. The number of anilines is 1. The van der Waals surface area contributed by atoms with Crippen LogP contribution < -0.4 is 10.1 Å². The number of hydrogen-bond acceptors (Lipinski definition) is 4. The van der Waals surface area contributed by atoms with E-state index >= 15 is 0 Å². The van der Waals surface area contributed by atoms with Crippen molar-refractivity contribution < 1.29 is 9.53 Å². The molecule has 6 heteroatoms. The molecule has 106 valence electrons. The number of ether oxygens (including phenoxy) is 1. The summed E-state index contributed by atoms with van der Waals surface area (Å²) in [7, 11) is 1.64. The van der Waals surface area contributed by atoms with Crippen molar-refractivity contribution in [3.8, 4) is 5.75 Å². The zero-order valence-corrected chi connectivity index (χ0v) is 12.8. The monoisotopic (exact) mass is 310 g/mol. The molecule has 1 unspecified atom stereocenters. The number of nitrogens with zero attached hydrogens (tertiary/aromatic N) is 1. The fourth-order valence-electron chi connectivity index (χ4n) is 1.60. The van der Waals surface area contributed by atoms with Gasteiger partial charge < -0.3 is 10.1 Å². The quantitative estimate of drug-likeness (QED) is 0.862. The average molecular weight is 311 g/mol. The summed E-state index contributed by atoms with van der Waals surface area (Å²) in [6, 6.07) is 7.87. The van der Waals surface area contributed by atoms with Gasteiger partial charge in [-0.2, -0.15) is 0 Å². The first-order valence-electron chi connectivity index (χ1n) is 6.11. The summed E-state index contributed by atoms with van der Waals surface area (Å²) in [6.45, 7) is 1.63. The molecular formula is C14H15ClN2O2S. The number of carbonyl (C=O) groups is 1. The van der Waals surface area contributed by atoms with Crippen LogP contribution in [-0.4, -0.2) is 23.4 Å². The van der Waals surface area contributed by atoms with Crippen molar-refractivity contribution in [2.75, 3.05) is 12.4 Å². The number of benzene rings is 1. The van der Waals surface area contributed by atoms with Crippen LogP contribution in [0.2, 0.25) is 0 Å². The third-order valence-electron chi connectivity index (χ3n) is 2.68. The maximum absolute atomic E-state index is 11.5. The normalized spacial score (nSPS) is 11.9. The number of nitrogens with one attached hydrogen (secondary N) is 1. The van der Waals surface area contributed by atoms with Crippen molar-refractivity contribution >= 4 is 34.0 Å². The maximum atomic E-state index is 11.5. The number of alkyl halides is 1. The molecule has 2 rings (SSSR count). The van der Waals surface area contributed by atoms with Crippen LogP contribution in [0.5, 0.6) is 5.75 Å². The molecule has 0 saturated heterocycles. The molecule has 0 saturated carbocycles.